The van der Waals surface area contributed by atoms with Gasteiger partial charge in [0, 0.05) is 72.1 Å². The molecule has 2 fully saturated rings. The minimum Gasteiger partial charge on any atom is -0.360 e. The van der Waals surface area contributed by atoms with Crippen LogP contribution in [0.25, 0.3) is 0 Å². The fourth-order valence-corrected chi connectivity index (χ4v) is 4.63. The Hall–Kier alpha value is -2.32. The second kappa shape index (κ2) is 9.45. The molecule has 2 aliphatic heterocycles. The molecule has 29 heavy (non-hydrogen) atoms. The SMILES string of the molecule is CN=C(NCc1ccc(N2CCN(C)CC2)nc1)N1CCN(c2cccs2)CC1. The summed E-state index contributed by atoms with van der Waals surface area (Å²) in [6, 6.07) is 8.64. The zero-order valence-corrected chi connectivity index (χ0v) is 18.2. The number of aliphatic imine (C=N–C) groups is 1. The Morgan fingerprint density at radius 2 is 1.79 bits per heavy atom. The predicted octanol–water partition coefficient (Wildman–Crippen LogP) is 1.79. The molecule has 0 amide bonds. The van der Waals surface area contributed by atoms with Crippen molar-refractivity contribution in [2.75, 3.05) is 76.3 Å². The quantitative estimate of drug-likeness (QED) is 0.609. The number of guanidine groups is 1. The highest BCUT2D eigenvalue weighted by atomic mass is 32.1. The lowest BCUT2D eigenvalue weighted by Gasteiger charge is -2.37. The van der Waals surface area contributed by atoms with E-state index in [-0.39, 0.29) is 0 Å². The second-order valence-electron chi connectivity index (χ2n) is 7.64. The van der Waals surface area contributed by atoms with Crippen LogP contribution in [0.3, 0.4) is 0 Å². The van der Waals surface area contributed by atoms with Crippen LogP contribution in [-0.2, 0) is 6.54 Å². The number of piperazine rings is 2. The molecule has 0 unspecified atom stereocenters. The first-order valence-electron chi connectivity index (χ1n) is 10.4. The van der Waals surface area contributed by atoms with Crippen LogP contribution in [0.15, 0.2) is 40.8 Å². The van der Waals surface area contributed by atoms with E-state index in [1.54, 1.807) is 0 Å². The van der Waals surface area contributed by atoms with E-state index in [0.717, 1.165) is 70.7 Å². The van der Waals surface area contributed by atoms with Gasteiger partial charge >= 0.3 is 0 Å². The van der Waals surface area contributed by atoms with Gasteiger partial charge in [0.15, 0.2) is 5.96 Å². The number of hydrogen-bond acceptors (Lipinski definition) is 6. The number of rotatable bonds is 4. The monoisotopic (exact) mass is 413 g/mol. The smallest absolute Gasteiger partial charge is 0.194 e. The van der Waals surface area contributed by atoms with E-state index in [1.165, 1.54) is 10.6 Å². The number of anilines is 2. The van der Waals surface area contributed by atoms with Crippen molar-refractivity contribution >= 4 is 28.1 Å². The van der Waals surface area contributed by atoms with Gasteiger partial charge in [-0.1, -0.05) is 6.07 Å². The van der Waals surface area contributed by atoms with Gasteiger partial charge in [-0.05, 0) is 36.2 Å². The standard InChI is InChI=1S/C21H31N7S/c1-22-21(28-13-11-27(12-14-28)20-4-3-15-29-20)24-17-18-5-6-19(23-16-18)26-9-7-25(2)8-10-26/h3-6,15-16H,7-14,17H2,1-2H3,(H,22,24). The van der Waals surface area contributed by atoms with Crippen molar-refractivity contribution in [2.45, 2.75) is 6.54 Å². The molecule has 7 nitrogen and oxygen atoms in total. The fourth-order valence-electron chi connectivity index (χ4n) is 3.85. The molecule has 2 aromatic rings. The Balaban J connectivity index is 1.26. The van der Waals surface area contributed by atoms with Crippen molar-refractivity contribution < 1.29 is 0 Å². The van der Waals surface area contributed by atoms with Gasteiger partial charge in [0.05, 0.1) is 5.00 Å². The van der Waals surface area contributed by atoms with Crippen molar-refractivity contribution in [2.24, 2.45) is 4.99 Å². The van der Waals surface area contributed by atoms with Crippen LogP contribution >= 0.6 is 11.3 Å². The first-order valence-corrected chi connectivity index (χ1v) is 11.2. The van der Waals surface area contributed by atoms with Gasteiger partial charge in [-0.2, -0.15) is 0 Å². The van der Waals surface area contributed by atoms with Gasteiger partial charge in [-0.15, -0.1) is 11.3 Å². The van der Waals surface area contributed by atoms with Crippen molar-refractivity contribution in [3.05, 3.63) is 41.4 Å². The molecule has 0 aromatic carbocycles. The molecule has 0 aliphatic carbocycles. The van der Waals surface area contributed by atoms with Gasteiger partial charge < -0.3 is 24.9 Å². The first-order chi connectivity index (χ1) is 14.2. The van der Waals surface area contributed by atoms with Crippen LogP contribution < -0.4 is 15.1 Å². The first kappa shape index (κ1) is 20.0. The van der Waals surface area contributed by atoms with Gasteiger partial charge in [-0.25, -0.2) is 4.98 Å². The molecule has 0 atom stereocenters. The van der Waals surface area contributed by atoms with E-state index in [0.29, 0.717) is 0 Å². The van der Waals surface area contributed by atoms with Crippen LogP contribution in [0.4, 0.5) is 10.8 Å². The number of likely N-dealkylation sites (N-methyl/N-ethyl adjacent to an activating group) is 1. The van der Waals surface area contributed by atoms with Gasteiger partial charge in [0.25, 0.3) is 0 Å². The molecule has 2 aromatic heterocycles. The van der Waals surface area contributed by atoms with Gasteiger partial charge in [-0.3, -0.25) is 4.99 Å². The minimum absolute atomic E-state index is 0.744. The molecule has 8 heteroatoms. The average molecular weight is 414 g/mol. The van der Waals surface area contributed by atoms with Gasteiger partial charge in [0.1, 0.15) is 5.82 Å². The highest BCUT2D eigenvalue weighted by Gasteiger charge is 2.20. The lowest BCUT2D eigenvalue weighted by Crippen LogP contribution is -2.52. The molecule has 4 rings (SSSR count). The Kier molecular flexibility index (Phi) is 6.51. The number of pyridine rings is 1. The van der Waals surface area contributed by atoms with Crippen molar-refractivity contribution in [1.29, 1.82) is 0 Å². The predicted molar refractivity (Wildman–Crippen MR) is 122 cm³/mol. The third-order valence-corrected chi connectivity index (χ3v) is 6.62. The summed E-state index contributed by atoms with van der Waals surface area (Å²) in [6.07, 6.45) is 1.99. The van der Waals surface area contributed by atoms with Crippen LogP contribution in [-0.4, -0.2) is 87.2 Å². The highest BCUT2D eigenvalue weighted by Crippen LogP contribution is 2.22. The molecule has 4 heterocycles. The second-order valence-corrected chi connectivity index (χ2v) is 8.57. The minimum atomic E-state index is 0.744. The summed E-state index contributed by atoms with van der Waals surface area (Å²) in [4.78, 5) is 18.7. The zero-order chi connectivity index (χ0) is 20.1. The zero-order valence-electron chi connectivity index (χ0n) is 17.4. The molecule has 1 N–H and O–H groups in total. The van der Waals surface area contributed by atoms with Crippen LogP contribution in [0, 0.1) is 0 Å². The molecule has 2 saturated heterocycles. The lowest BCUT2D eigenvalue weighted by molar-refractivity contribution is 0.312. The number of nitrogens with one attached hydrogen (secondary N) is 1. The van der Waals surface area contributed by atoms with E-state index in [2.05, 4.69) is 66.6 Å². The summed E-state index contributed by atoms with van der Waals surface area (Å²) < 4.78 is 0. The van der Waals surface area contributed by atoms with E-state index < -0.39 is 0 Å². The maximum Gasteiger partial charge on any atom is 0.194 e. The number of hydrogen-bond donors (Lipinski definition) is 1. The van der Waals surface area contributed by atoms with E-state index >= 15 is 0 Å². The van der Waals surface area contributed by atoms with Crippen molar-refractivity contribution in [1.82, 2.24) is 20.1 Å². The molecule has 156 valence electrons. The fraction of sp³-hybridized carbons (Fsp3) is 0.524. The highest BCUT2D eigenvalue weighted by molar-refractivity contribution is 7.14. The summed E-state index contributed by atoms with van der Waals surface area (Å²) in [6.45, 7) is 9.06. The largest absolute Gasteiger partial charge is 0.360 e. The summed E-state index contributed by atoms with van der Waals surface area (Å²) in [5.41, 5.74) is 1.18. The number of nitrogens with zero attached hydrogens (tertiary/aromatic N) is 6. The maximum absolute atomic E-state index is 4.69. The number of aromatic nitrogens is 1. The Bertz CT molecular complexity index is 774. The third-order valence-electron chi connectivity index (χ3n) is 5.70. The Morgan fingerprint density at radius 1 is 1.03 bits per heavy atom. The van der Waals surface area contributed by atoms with Gasteiger partial charge in [0.2, 0.25) is 0 Å². The van der Waals surface area contributed by atoms with Crippen molar-refractivity contribution in [3.63, 3.8) is 0 Å². The molecule has 0 saturated carbocycles. The Morgan fingerprint density at radius 3 is 2.41 bits per heavy atom. The molecular formula is C21H31N7S. The summed E-state index contributed by atoms with van der Waals surface area (Å²) in [7, 11) is 4.04. The lowest BCUT2D eigenvalue weighted by atomic mass is 10.2. The third kappa shape index (κ3) is 5.00. The maximum atomic E-state index is 4.69. The molecule has 0 radical (unpaired) electrons. The van der Waals surface area contributed by atoms with Crippen LogP contribution in [0.5, 0.6) is 0 Å². The molecule has 0 spiro atoms. The number of thiophene rings is 1. The molecule has 0 bridgehead atoms. The van der Waals surface area contributed by atoms with E-state index in [1.807, 2.05) is 24.6 Å². The molecule has 2 aliphatic rings. The average Bonchev–Trinajstić information content (AvgIpc) is 3.31. The topological polar surface area (TPSA) is 50.2 Å². The summed E-state index contributed by atoms with van der Waals surface area (Å²) in [5.74, 6) is 2.05. The van der Waals surface area contributed by atoms with Crippen LogP contribution in [0.1, 0.15) is 5.56 Å². The normalized spacial score (nSPS) is 19.0. The summed E-state index contributed by atoms with van der Waals surface area (Å²) >= 11 is 1.81. The van der Waals surface area contributed by atoms with E-state index in [4.69, 9.17) is 4.98 Å². The van der Waals surface area contributed by atoms with E-state index in [9.17, 15) is 0 Å². The summed E-state index contributed by atoms with van der Waals surface area (Å²) in [5, 5.41) is 7.01. The van der Waals surface area contributed by atoms with Crippen molar-refractivity contribution in [3.8, 4) is 0 Å². The Labute approximate surface area is 177 Å². The molecular weight excluding hydrogens is 382 g/mol. The van der Waals surface area contributed by atoms with Crippen LogP contribution in [0.2, 0.25) is 0 Å².